The van der Waals surface area contributed by atoms with Crippen molar-refractivity contribution >= 4 is 23.7 Å². The first-order valence-corrected chi connectivity index (χ1v) is 10.2. The van der Waals surface area contributed by atoms with Crippen LogP contribution in [0.5, 0.6) is 0 Å². The van der Waals surface area contributed by atoms with E-state index in [9.17, 15) is 19.2 Å². The largest absolute Gasteiger partial charge is 0.458 e. The minimum atomic E-state index is -1.65. The zero-order valence-electron chi connectivity index (χ0n) is 18.1. The quantitative estimate of drug-likeness (QED) is 0.343. The Morgan fingerprint density at radius 2 is 1.90 bits per heavy atom. The molecule has 2 saturated heterocycles. The molecule has 0 radical (unpaired) electrons. The van der Waals surface area contributed by atoms with Gasteiger partial charge in [0.1, 0.15) is 6.61 Å². The van der Waals surface area contributed by atoms with Gasteiger partial charge in [-0.25, -0.2) is 9.59 Å². The summed E-state index contributed by atoms with van der Waals surface area (Å²) in [6.45, 7) is 6.82. The van der Waals surface area contributed by atoms with Crippen molar-refractivity contribution < 1.29 is 38.1 Å². The monoisotopic (exact) mass is 423 g/mol. The lowest BCUT2D eigenvalue weighted by Gasteiger charge is -2.35. The molecular formula is C21H29NO8. The number of esters is 3. The zero-order valence-corrected chi connectivity index (χ0v) is 18.1. The van der Waals surface area contributed by atoms with Crippen LogP contribution in [0.25, 0.3) is 0 Å². The molecule has 0 saturated carbocycles. The van der Waals surface area contributed by atoms with E-state index in [-0.39, 0.29) is 18.6 Å². The Balaban J connectivity index is 2.01. The molecule has 30 heavy (non-hydrogen) atoms. The number of Topliss-reactive ketones (excluding diaryl/α,β-unsaturated/α-hetero) is 1. The van der Waals surface area contributed by atoms with Gasteiger partial charge in [0.25, 0.3) is 0 Å². The van der Waals surface area contributed by atoms with Gasteiger partial charge in [-0.15, -0.1) is 0 Å². The van der Waals surface area contributed by atoms with Crippen LogP contribution >= 0.6 is 0 Å². The normalized spacial score (nSPS) is 40.0. The van der Waals surface area contributed by atoms with E-state index >= 15 is 0 Å². The van der Waals surface area contributed by atoms with E-state index in [2.05, 4.69) is 0 Å². The summed E-state index contributed by atoms with van der Waals surface area (Å²) in [6, 6.07) is 0. The van der Waals surface area contributed by atoms with Crippen molar-refractivity contribution in [3.8, 4) is 0 Å². The number of hydrogen-bond donors (Lipinski definition) is 0. The number of fused-ring (bicyclic) bond motifs is 2. The number of epoxide rings is 1. The second-order valence-corrected chi connectivity index (χ2v) is 8.57. The predicted octanol–water partition coefficient (Wildman–Crippen LogP) is 0.792. The molecule has 0 aromatic heterocycles. The minimum absolute atomic E-state index is 0.0788. The molecule has 5 atom stereocenters. The summed E-state index contributed by atoms with van der Waals surface area (Å²) in [5.41, 5.74) is -2.70. The number of carbonyl (C=O) groups is 4. The van der Waals surface area contributed by atoms with Gasteiger partial charge in [-0.2, -0.15) is 0 Å². The second-order valence-electron chi connectivity index (χ2n) is 8.57. The van der Waals surface area contributed by atoms with Crippen LogP contribution in [0.4, 0.5) is 0 Å². The highest BCUT2D eigenvalue weighted by Crippen LogP contribution is 2.46. The molecule has 0 unspecified atom stereocenters. The predicted molar refractivity (Wildman–Crippen MR) is 103 cm³/mol. The van der Waals surface area contributed by atoms with Gasteiger partial charge < -0.3 is 23.8 Å². The van der Waals surface area contributed by atoms with E-state index in [1.165, 1.54) is 13.8 Å². The maximum atomic E-state index is 13.1. The Labute approximate surface area is 175 Å². The smallest absolute Gasteiger partial charge is 0.350 e. The number of likely N-dealkylation sites (N-methyl/N-ethyl adjacent to an activating group) is 1. The molecule has 9 nitrogen and oxygen atoms in total. The van der Waals surface area contributed by atoms with Crippen LogP contribution in [0.15, 0.2) is 11.6 Å². The number of hydrogen-bond acceptors (Lipinski definition) is 9. The van der Waals surface area contributed by atoms with Crippen LogP contribution < -0.4 is 0 Å². The van der Waals surface area contributed by atoms with Crippen molar-refractivity contribution in [1.82, 2.24) is 4.90 Å². The average molecular weight is 423 g/mol. The summed E-state index contributed by atoms with van der Waals surface area (Å²) in [5.74, 6) is -3.06. The number of carbonyl (C=O) groups excluding carboxylic acids is 4. The first-order valence-electron chi connectivity index (χ1n) is 10.2. The Kier molecular flexibility index (Phi) is 6.06. The summed E-state index contributed by atoms with van der Waals surface area (Å²) in [7, 11) is 1.88. The lowest BCUT2D eigenvalue weighted by molar-refractivity contribution is -0.187. The fourth-order valence-electron chi connectivity index (χ4n) is 3.98. The zero-order chi connectivity index (χ0) is 22.3. The number of ether oxygens (including phenoxy) is 4. The molecule has 3 heterocycles. The van der Waals surface area contributed by atoms with Crippen LogP contribution in [-0.4, -0.2) is 78.7 Å². The lowest BCUT2D eigenvalue weighted by atomic mass is 9.81. The summed E-state index contributed by atoms with van der Waals surface area (Å²) in [6.07, 6.45) is 0.648. The van der Waals surface area contributed by atoms with Crippen molar-refractivity contribution in [3.63, 3.8) is 0 Å². The first kappa shape index (κ1) is 22.4. The highest BCUT2D eigenvalue weighted by Gasteiger charge is 2.64. The average Bonchev–Trinajstić information content (AvgIpc) is 3.32. The van der Waals surface area contributed by atoms with E-state index < -0.39 is 53.0 Å². The van der Waals surface area contributed by atoms with Gasteiger partial charge in [0, 0.05) is 37.9 Å². The number of rotatable bonds is 1. The van der Waals surface area contributed by atoms with Gasteiger partial charge in [0.15, 0.2) is 11.7 Å². The maximum absolute atomic E-state index is 13.1. The third kappa shape index (κ3) is 4.13. The van der Waals surface area contributed by atoms with Gasteiger partial charge >= 0.3 is 17.9 Å². The van der Waals surface area contributed by atoms with E-state index in [0.29, 0.717) is 19.5 Å². The molecule has 2 bridgehead atoms. The van der Waals surface area contributed by atoms with Crippen LogP contribution in [0.1, 0.15) is 40.5 Å². The van der Waals surface area contributed by atoms with Gasteiger partial charge in [-0.1, -0.05) is 13.0 Å². The fourth-order valence-corrected chi connectivity index (χ4v) is 3.98. The lowest BCUT2D eigenvalue weighted by Crippen LogP contribution is -2.50. The molecular weight excluding hydrogens is 394 g/mol. The molecule has 166 valence electrons. The van der Waals surface area contributed by atoms with E-state index in [0.717, 1.165) is 0 Å². The Morgan fingerprint density at radius 3 is 2.50 bits per heavy atom. The summed E-state index contributed by atoms with van der Waals surface area (Å²) < 4.78 is 22.0. The molecule has 3 aliphatic heterocycles. The molecule has 0 amide bonds. The molecule has 9 heteroatoms. The molecule has 2 fully saturated rings. The van der Waals surface area contributed by atoms with Crippen LogP contribution in [0.3, 0.4) is 0 Å². The number of nitrogens with zero attached hydrogens (tertiary/aromatic N) is 1. The standard InChI is InChI=1S/C21H29NO8/c1-12-10-21(13(2)29-21)19(26)28-16-7-9-22(5)8-6-15(17(16)24)11-27-18(25)20(12,4)30-14(3)23/h6,12-13,16H,7-11H2,1-5H3/b15-6-/t12-,13-,16-,20+,21-/m1/s1. The van der Waals surface area contributed by atoms with Crippen molar-refractivity contribution in [2.45, 2.75) is 63.9 Å². The van der Waals surface area contributed by atoms with Crippen LogP contribution in [0, 0.1) is 5.92 Å². The van der Waals surface area contributed by atoms with Gasteiger partial charge in [0.05, 0.1) is 6.10 Å². The van der Waals surface area contributed by atoms with Gasteiger partial charge in [0.2, 0.25) is 11.4 Å². The Bertz CT molecular complexity index is 792. The fraction of sp³-hybridized carbons (Fsp3) is 0.714. The second kappa shape index (κ2) is 8.11. The van der Waals surface area contributed by atoms with Gasteiger partial charge in [-0.05, 0) is 27.3 Å². The Morgan fingerprint density at radius 1 is 1.23 bits per heavy atom. The van der Waals surface area contributed by atoms with E-state index in [1.54, 1.807) is 19.9 Å². The SMILES string of the molecule is CC(=O)O[C@]1(C)C(=O)OC/C2=C/CN(C)CC[C@@H](OC(=O)[C@]3(C[C@H]1C)O[C@@H]3C)C2=O. The number of ketones is 1. The van der Waals surface area contributed by atoms with Crippen LogP contribution in [0.2, 0.25) is 0 Å². The molecule has 3 rings (SSSR count). The highest BCUT2D eigenvalue weighted by atomic mass is 16.7. The van der Waals surface area contributed by atoms with Crippen molar-refractivity contribution in [3.05, 3.63) is 11.6 Å². The van der Waals surface area contributed by atoms with E-state index in [1.807, 2.05) is 11.9 Å². The van der Waals surface area contributed by atoms with E-state index in [4.69, 9.17) is 18.9 Å². The minimum Gasteiger partial charge on any atom is -0.458 e. The third-order valence-electron chi connectivity index (χ3n) is 6.28. The third-order valence-corrected chi connectivity index (χ3v) is 6.28. The van der Waals surface area contributed by atoms with Crippen molar-refractivity contribution in [2.24, 2.45) is 5.92 Å². The first-order chi connectivity index (χ1) is 14.0. The number of cyclic esters (lactones) is 1. The maximum Gasteiger partial charge on any atom is 0.350 e. The molecule has 0 aromatic rings. The van der Waals surface area contributed by atoms with Gasteiger partial charge in [-0.3, -0.25) is 9.59 Å². The topological polar surface area (TPSA) is 112 Å². The summed E-state index contributed by atoms with van der Waals surface area (Å²) in [4.78, 5) is 52.7. The highest BCUT2D eigenvalue weighted by molar-refractivity contribution is 6.01. The molecule has 3 aliphatic rings. The van der Waals surface area contributed by atoms with Crippen molar-refractivity contribution in [1.29, 1.82) is 0 Å². The van der Waals surface area contributed by atoms with Crippen LogP contribution in [-0.2, 0) is 38.1 Å². The van der Waals surface area contributed by atoms with Crippen molar-refractivity contribution in [2.75, 3.05) is 26.7 Å². The summed E-state index contributed by atoms with van der Waals surface area (Å²) >= 11 is 0. The summed E-state index contributed by atoms with van der Waals surface area (Å²) in [5, 5.41) is 0. The molecule has 1 spiro atoms. The molecule has 0 aromatic carbocycles. The molecule has 0 N–H and O–H groups in total. The Hall–Kier alpha value is -2.26. The molecule has 0 aliphatic carbocycles.